The molecule has 1 fully saturated rings. The van der Waals surface area contributed by atoms with Crippen molar-refractivity contribution in [3.8, 4) is 0 Å². The fourth-order valence-electron chi connectivity index (χ4n) is 2.85. The number of nitrogens with zero attached hydrogens (tertiary/aromatic N) is 4. The molecule has 2 aromatic carbocycles. The van der Waals surface area contributed by atoms with Gasteiger partial charge in [-0.1, -0.05) is 47.6 Å². The number of hydrogen-bond acceptors (Lipinski definition) is 4. The van der Waals surface area contributed by atoms with E-state index in [4.69, 9.17) is 10.3 Å². The van der Waals surface area contributed by atoms with E-state index in [-0.39, 0.29) is 6.61 Å². The van der Waals surface area contributed by atoms with Gasteiger partial charge in [0, 0.05) is 4.91 Å². The monoisotopic (exact) mass is 354 g/mol. The summed E-state index contributed by atoms with van der Waals surface area (Å²) in [4.78, 5) is 28.7. The Labute approximate surface area is 148 Å². The first-order chi connectivity index (χ1) is 12.6. The molecule has 2 aromatic rings. The van der Waals surface area contributed by atoms with E-state index in [9.17, 15) is 14.0 Å². The molecule has 3 rings (SSSR count). The van der Waals surface area contributed by atoms with E-state index in [1.165, 1.54) is 12.1 Å². The molecule has 1 aliphatic rings. The van der Waals surface area contributed by atoms with Crippen molar-refractivity contribution in [3.63, 3.8) is 0 Å². The Morgan fingerprint density at radius 1 is 1.27 bits per heavy atom. The van der Waals surface area contributed by atoms with Gasteiger partial charge in [-0.25, -0.2) is 14.1 Å². The molecule has 0 N–H and O–H groups in total. The van der Waals surface area contributed by atoms with Gasteiger partial charge in [-0.05, 0) is 35.2 Å². The molecule has 0 spiro atoms. The summed E-state index contributed by atoms with van der Waals surface area (Å²) in [5.74, 6) is -1.18. The van der Waals surface area contributed by atoms with Gasteiger partial charge in [0.1, 0.15) is 18.5 Å². The van der Waals surface area contributed by atoms with Crippen molar-refractivity contribution in [2.45, 2.75) is 18.5 Å². The molecule has 1 aliphatic heterocycles. The zero-order valence-corrected chi connectivity index (χ0v) is 13.7. The second kappa shape index (κ2) is 7.67. The molecule has 2 amide bonds. The molecule has 0 bridgehead atoms. The molecule has 1 saturated heterocycles. The SMILES string of the molecule is [N-]=[N+]=N[C@H](C(=O)N1C(=O)OC[C@@H]1Cc1ccccc1)c1ccc(F)cc1. The normalized spacial score (nSPS) is 17.3. The van der Waals surface area contributed by atoms with E-state index in [1.54, 1.807) is 0 Å². The standard InChI is InChI=1S/C18H15FN4O3/c19-14-8-6-13(7-9-14)16(21-22-20)17(24)23-15(11-26-18(23)25)10-12-4-2-1-3-5-12/h1-9,15-16H,10-11H2/t15-,16-/m0/s1. The predicted molar refractivity (Wildman–Crippen MR) is 90.4 cm³/mol. The maximum atomic E-state index is 13.1. The van der Waals surface area contributed by atoms with Crippen molar-refractivity contribution in [3.05, 3.63) is 82.0 Å². The Hall–Kier alpha value is -3.38. The smallest absolute Gasteiger partial charge is 0.417 e. The summed E-state index contributed by atoms with van der Waals surface area (Å²) in [5, 5.41) is 3.50. The second-order valence-electron chi connectivity index (χ2n) is 5.79. The van der Waals surface area contributed by atoms with Gasteiger partial charge >= 0.3 is 6.09 Å². The van der Waals surface area contributed by atoms with Gasteiger partial charge in [0.25, 0.3) is 0 Å². The molecule has 26 heavy (non-hydrogen) atoms. The second-order valence-corrected chi connectivity index (χ2v) is 5.79. The molecule has 7 nitrogen and oxygen atoms in total. The highest BCUT2D eigenvalue weighted by molar-refractivity contribution is 5.97. The van der Waals surface area contributed by atoms with Crippen LogP contribution in [0.15, 0.2) is 59.7 Å². The van der Waals surface area contributed by atoms with Crippen LogP contribution in [-0.2, 0) is 16.0 Å². The highest BCUT2D eigenvalue weighted by Gasteiger charge is 2.41. The average Bonchev–Trinajstić information content (AvgIpc) is 3.01. The summed E-state index contributed by atoms with van der Waals surface area (Å²) in [7, 11) is 0. The van der Waals surface area contributed by atoms with Crippen molar-refractivity contribution < 1.29 is 18.7 Å². The van der Waals surface area contributed by atoms with Gasteiger partial charge in [0.05, 0.1) is 6.04 Å². The first-order valence-corrected chi connectivity index (χ1v) is 7.93. The minimum Gasteiger partial charge on any atom is -0.447 e. The number of carbonyl (C=O) groups is 2. The topological polar surface area (TPSA) is 95.4 Å². The maximum absolute atomic E-state index is 13.1. The highest BCUT2D eigenvalue weighted by Crippen LogP contribution is 2.26. The third-order valence-electron chi connectivity index (χ3n) is 4.10. The van der Waals surface area contributed by atoms with Gasteiger partial charge in [-0.2, -0.15) is 0 Å². The highest BCUT2D eigenvalue weighted by atomic mass is 19.1. The lowest BCUT2D eigenvalue weighted by atomic mass is 10.0. The molecular weight excluding hydrogens is 339 g/mol. The fourth-order valence-corrected chi connectivity index (χ4v) is 2.85. The van der Waals surface area contributed by atoms with E-state index in [2.05, 4.69) is 10.0 Å². The lowest BCUT2D eigenvalue weighted by molar-refractivity contribution is -0.130. The first-order valence-electron chi connectivity index (χ1n) is 7.93. The number of hydrogen-bond donors (Lipinski definition) is 0. The van der Waals surface area contributed by atoms with Gasteiger partial charge < -0.3 is 4.74 Å². The van der Waals surface area contributed by atoms with Crippen molar-refractivity contribution in [2.75, 3.05) is 6.61 Å². The molecular formula is C18H15FN4O3. The number of carbonyl (C=O) groups excluding carboxylic acids is 2. The zero-order chi connectivity index (χ0) is 18.5. The van der Waals surface area contributed by atoms with Crippen molar-refractivity contribution >= 4 is 12.0 Å². The van der Waals surface area contributed by atoms with Crippen molar-refractivity contribution in [1.82, 2.24) is 4.90 Å². The van der Waals surface area contributed by atoms with Gasteiger partial charge in [0.2, 0.25) is 5.91 Å². The zero-order valence-electron chi connectivity index (χ0n) is 13.7. The quantitative estimate of drug-likeness (QED) is 0.464. The van der Waals surface area contributed by atoms with Gasteiger partial charge in [0.15, 0.2) is 0 Å². The summed E-state index contributed by atoms with van der Waals surface area (Å²) in [5.41, 5.74) is 10.0. The Kier molecular flexibility index (Phi) is 5.15. The van der Waals surface area contributed by atoms with E-state index in [1.807, 2.05) is 30.3 Å². The van der Waals surface area contributed by atoms with Gasteiger partial charge in [-0.3, -0.25) is 4.79 Å². The fraction of sp³-hybridized carbons (Fsp3) is 0.222. The molecule has 132 valence electrons. The van der Waals surface area contributed by atoms with Crippen LogP contribution in [0.3, 0.4) is 0 Å². The van der Waals surface area contributed by atoms with E-state index in [0.29, 0.717) is 12.0 Å². The Bertz CT molecular complexity index is 850. The number of amides is 2. The van der Waals surface area contributed by atoms with E-state index < -0.39 is 29.9 Å². The van der Waals surface area contributed by atoms with Gasteiger partial charge in [-0.15, -0.1) is 0 Å². The molecule has 2 atom stereocenters. The van der Waals surface area contributed by atoms with Crippen LogP contribution in [0.2, 0.25) is 0 Å². The van der Waals surface area contributed by atoms with E-state index in [0.717, 1.165) is 22.6 Å². The minimum atomic E-state index is -1.27. The first kappa shape index (κ1) is 17.4. The minimum absolute atomic E-state index is 0.0614. The van der Waals surface area contributed by atoms with Crippen LogP contribution in [-0.4, -0.2) is 29.5 Å². The predicted octanol–water partition coefficient (Wildman–Crippen LogP) is 3.77. The molecule has 0 unspecified atom stereocenters. The van der Waals surface area contributed by atoms with Crippen LogP contribution < -0.4 is 0 Å². The van der Waals surface area contributed by atoms with Crippen LogP contribution in [0.1, 0.15) is 17.2 Å². The summed E-state index contributed by atoms with van der Waals surface area (Å²) >= 11 is 0. The van der Waals surface area contributed by atoms with Crippen LogP contribution >= 0.6 is 0 Å². The number of imide groups is 1. The summed E-state index contributed by atoms with van der Waals surface area (Å²) in [6, 6.07) is 12.6. The number of azide groups is 1. The van der Waals surface area contributed by atoms with Crippen LogP contribution in [0.25, 0.3) is 10.4 Å². The molecule has 0 aliphatic carbocycles. The summed E-state index contributed by atoms with van der Waals surface area (Å²) in [6.07, 6.45) is -0.360. The lowest BCUT2D eigenvalue weighted by Crippen LogP contribution is -2.42. The summed E-state index contributed by atoms with van der Waals surface area (Å²) < 4.78 is 18.2. The molecule has 1 heterocycles. The Morgan fingerprint density at radius 2 is 1.96 bits per heavy atom. The van der Waals surface area contributed by atoms with Crippen LogP contribution in [0, 0.1) is 5.82 Å². The largest absolute Gasteiger partial charge is 0.447 e. The third kappa shape index (κ3) is 3.65. The number of cyclic esters (lactones) is 1. The Morgan fingerprint density at radius 3 is 2.62 bits per heavy atom. The van der Waals surface area contributed by atoms with Crippen LogP contribution in [0.5, 0.6) is 0 Å². The van der Waals surface area contributed by atoms with Crippen molar-refractivity contribution in [1.29, 1.82) is 0 Å². The molecule has 8 heteroatoms. The van der Waals surface area contributed by atoms with Crippen molar-refractivity contribution in [2.24, 2.45) is 5.11 Å². The number of ether oxygens (including phenoxy) is 1. The van der Waals surface area contributed by atoms with Crippen LogP contribution in [0.4, 0.5) is 9.18 Å². The molecule has 0 radical (unpaired) electrons. The van der Waals surface area contributed by atoms with E-state index >= 15 is 0 Å². The summed E-state index contributed by atoms with van der Waals surface area (Å²) in [6.45, 7) is 0.0614. The maximum Gasteiger partial charge on any atom is 0.417 e. The Balaban J connectivity index is 1.87. The molecule has 0 aromatic heterocycles. The number of halogens is 1. The average molecular weight is 354 g/mol. The third-order valence-corrected chi connectivity index (χ3v) is 4.10. The lowest BCUT2D eigenvalue weighted by Gasteiger charge is -2.23. The molecule has 0 saturated carbocycles. The number of benzene rings is 2. The number of rotatable bonds is 5.